The fraction of sp³-hybridized carbons (Fsp3) is 0.200. The molecule has 0 unspecified atom stereocenters. The average Bonchev–Trinajstić information content (AvgIpc) is 3.33. The third-order valence-corrected chi connectivity index (χ3v) is 5.72. The van der Waals surface area contributed by atoms with Crippen molar-refractivity contribution in [2.75, 3.05) is 30.0 Å². The Morgan fingerprint density at radius 1 is 1.03 bits per heavy atom. The number of rotatable bonds is 8. The maximum absolute atomic E-state index is 12.9. The summed E-state index contributed by atoms with van der Waals surface area (Å²) in [5.41, 5.74) is 3.54. The van der Waals surface area contributed by atoms with E-state index in [2.05, 4.69) is 41.3 Å². The van der Waals surface area contributed by atoms with Gasteiger partial charge in [0.05, 0.1) is 0 Å². The number of nitrogens with zero attached hydrogens (tertiary/aromatic N) is 5. The van der Waals surface area contributed by atoms with E-state index in [0.29, 0.717) is 40.8 Å². The Morgan fingerprint density at radius 3 is 2.57 bits per heavy atom. The predicted octanol–water partition coefficient (Wildman–Crippen LogP) is 3.98. The lowest BCUT2D eigenvalue weighted by Crippen LogP contribution is -2.18. The molecule has 0 saturated heterocycles. The van der Waals surface area contributed by atoms with Gasteiger partial charge < -0.3 is 21.3 Å². The van der Waals surface area contributed by atoms with Crippen molar-refractivity contribution in [3.05, 3.63) is 76.5 Å². The van der Waals surface area contributed by atoms with Crippen LogP contribution in [0.1, 0.15) is 39.0 Å². The highest BCUT2D eigenvalue weighted by Gasteiger charge is 2.17. The van der Waals surface area contributed by atoms with E-state index in [1.807, 2.05) is 19.9 Å². The molecule has 0 saturated carbocycles. The van der Waals surface area contributed by atoms with Crippen LogP contribution in [0, 0.1) is 6.92 Å². The Hall–Kier alpha value is -4.51. The highest BCUT2D eigenvalue weighted by atomic mass is 35.5. The van der Waals surface area contributed by atoms with E-state index < -0.39 is 0 Å². The minimum absolute atomic E-state index is 0.207. The highest BCUT2D eigenvalue weighted by molar-refractivity contribution is 6.29. The van der Waals surface area contributed by atoms with Crippen molar-refractivity contribution >= 4 is 46.4 Å². The van der Waals surface area contributed by atoms with Gasteiger partial charge in [0, 0.05) is 48.9 Å². The van der Waals surface area contributed by atoms with E-state index in [1.165, 1.54) is 24.1 Å². The number of pyridine rings is 1. The standard InChI is InChI=1S/C25H26ClN9O2/c1-5-16-8-15(9-20(26)31-16)24(36)32-17-7-6-14(2)18(10-17)33-23-11-19(25(37)28-4)34-35(23)22-12-21(27-3)29-13-30-22/h6-13,33H,5H2,1-4H3,(H,28,37)(H,32,36)(H,27,29,30). The van der Waals surface area contributed by atoms with Crippen molar-refractivity contribution in [3.8, 4) is 5.82 Å². The van der Waals surface area contributed by atoms with E-state index in [1.54, 1.807) is 37.4 Å². The number of halogens is 1. The molecule has 0 bridgehead atoms. The van der Waals surface area contributed by atoms with Gasteiger partial charge in [-0.15, -0.1) is 0 Å². The summed E-state index contributed by atoms with van der Waals surface area (Å²) in [5, 5.41) is 16.4. The van der Waals surface area contributed by atoms with Crippen LogP contribution in [0.2, 0.25) is 5.15 Å². The summed E-state index contributed by atoms with van der Waals surface area (Å²) in [7, 11) is 3.28. The van der Waals surface area contributed by atoms with Crippen molar-refractivity contribution in [2.45, 2.75) is 20.3 Å². The molecule has 2 amide bonds. The lowest BCUT2D eigenvalue weighted by Gasteiger charge is -2.14. The monoisotopic (exact) mass is 519 g/mol. The quantitative estimate of drug-likeness (QED) is 0.256. The van der Waals surface area contributed by atoms with Crippen LogP contribution >= 0.6 is 11.6 Å². The van der Waals surface area contributed by atoms with Crippen LogP contribution < -0.4 is 21.3 Å². The van der Waals surface area contributed by atoms with E-state index in [0.717, 1.165) is 11.3 Å². The second-order valence-electron chi connectivity index (χ2n) is 8.05. The number of nitrogens with one attached hydrogen (secondary N) is 4. The zero-order valence-electron chi connectivity index (χ0n) is 20.8. The minimum atomic E-state index is -0.343. The van der Waals surface area contributed by atoms with Crippen LogP contribution in [0.5, 0.6) is 0 Å². The average molecular weight is 520 g/mol. The van der Waals surface area contributed by atoms with E-state index in [4.69, 9.17) is 11.6 Å². The number of hydrogen-bond donors (Lipinski definition) is 4. The van der Waals surface area contributed by atoms with Crippen molar-refractivity contribution in [3.63, 3.8) is 0 Å². The molecule has 4 aromatic rings. The fourth-order valence-electron chi connectivity index (χ4n) is 3.52. The number of anilines is 4. The smallest absolute Gasteiger partial charge is 0.271 e. The van der Waals surface area contributed by atoms with Crippen LogP contribution in [-0.2, 0) is 6.42 Å². The van der Waals surface area contributed by atoms with Crippen LogP contribution in [0.3, 0.4) is 0 Å². The van der Waals surface area contributed by atoms with Gasteiger partial charge >= 0.3 is 0 Å². The highest BCUT2D eigenvalue weighted by Crippen LogP contribution is 2.27. The summed E-state index contributed by atoms with van der Waals surface area (Å²) in [6.45, 7) is 3.87. The van der Waals surface area contributed by atoms with Gasteiger partial charge in [0.2, 0.25) is 0 Å². The first-order chi connectivity index (χ1) is 17.8. The number of hydrogen-bond acceptors (Lipinski definition) is 8. The Morgan fingerprint density at radius 2 is 1.84 bits per heavy atom. The largest absolute Gasteiger partial charge is 0.373 e. The van der Waals surface area contributed by atoms with Gasteiger partial charge in [-0.2, -0.15) is 9.78 Å². The molecular weight excluding hydrogens is 494 g/mol. The number of benzene rings is 1. The molecule has 0 fully saturated rings. The molecule has 190 valence electrons. The zero-order valence-corrected chi connectivity index (χ0v) is 21.5. The van der Waals surface area contributed by atoms with E-state index in [-0.39, 0.29) is 22.7 Å². The van der Waals surface area contributed by atoms with Crippen molar-refractivity contribution in [2.24, 2.45) is 0 Å². The Kier molecular flexibility index (Phi) is 7.63. The molecule has 0 aliphatic rings. The summed E-state index contributed by atoms with van der Waals surface area (Å²) in [6, 6.07) is 12.1. The number of carbonyl (C=O) groups excluding carboxylic acids is 2. The van der Waals surface area contributed by atoms with Crippen LogP contribution in [0.4, 0.5) is 23.0 Å². The van der Waals surface area contributed by atoms with Gasteiger partial charge in [-0.25, -0.2) is 15.0 Å². The van der Waals surface area contributed by atoms with Crippen LogP contribution in [0.15, 0.2) is 48.8 Å². The maximum atomic E-state index is 12.9. The second kappa shape index (κ2) is 11.0. The maximum Gasteiger partial charge on any atom is 0.271 e. The summed E-state index contributed by atoms with van der Waals surface area (Å²) in [6.07, 6.45) is 2.07. The van der Waals surface area contributed by atoms with Crippen molar-refractivity contribution in [1.29, 1.82) is 0 Å². The Labute approximate surface area is 218 Å². The summed E-state index contributed by atoms with van der Waals surface area (Å²) in [4.78, 5) is 37.9. The lowest BCUT2D eigenvalue weighted by molar-refractivity contribution is 0.0956. The van der Waals surface area contributed by atoms with Crippen LogP contribution in [0.25, 0.3) is 5.82 Å². The van der Waals surface area contributed by atoms with Gasteiger partial charge in [-0.3, -0.25) is 9.59 Å². The van der Waals surface area contributed by atoms with Crippen molar-refractivity contribution in [1.82, 2.24) is 30.0 Å². The zero-order chi connectivity index (χ0) is 26.5. The molecule has 12 heteroatoms. The molecule has 3 heterocycles. The molecule has 0 spiro atoms. The molecule has 3 aromatic heterocycles. The topological polar surface area (TPSA) is 139 Å². The van der Waals surface area contributed by atoms with E-state index in [9.17, 15) is 9.59 Å². The third-order valence-electron chi connectivity index (χ3n) is 5.52. The van der Waals surface area contributed by atoms with Crippen LogP contribution in [-0.4, -0.2) is 50.6 Å². The number of aromatic nitrogens is 5. The molecule has 0 aliphatic heterocycles. The molecule has 1 aromatic carbocycles. The normalized spacial score (nSPS) is 10.6. The molecule has 4 N–H and O–H groups in total. The van der Waals surface area contributed by atoms with Gasteiger partial charge in [-0.1, -0.05) is 24.6 Å². The minimum Gasteiger partial charge on any atom is -0.373 e. The molecule has 37 heavy (non-hydrogen) atoms. The molecular formula is C25H26ClN9O2. The third kappa shape index (κ3) is 5.84. The molecule has 11 nitrogen and oxygen atoms in total. The Balaban J connectivity index is 1.66. The first kappa shape index (κ1) is 25.6. The number of aryl methyl sites for hydroxylation is 2. The number of amides is 2. The summed E-state index contributed by atoms with van der Waals surface area (Å²) in [5.74, 6) is 0.905. The summed E-state index contributed by atoms with van der Waals surface area (Å²) < 4.78 is 1.52. The molecule has 0 atom stereocenters. The predicted molar refractivity (Wildman–Crippen MR) is 143 cm³/mol. The van der Waals surface area contributed by atoms with Gasteiger partial charge in [0.1, 0.15) is 23.1 Å². The fourth-order valence-corrected chi connectivity index (χ4v) is 3.75. The number of carbonyl (C=O) groups is 2. The second-order valence-corrected chi connectivity index (χ2v) is 8.44. The molecule has 0 radical (unpaired) electrons. The van der Waals surface area contributed by atoms with Gasteiger partial charge in [0.15, 0.2) is 11.5 Å². The first-order valence-corrected chi connectivity index (χ1v) is 11.9. The van der Waals surface area contributed by atoms with Gasteiger partial charge in [-0.05, 0) is 43.2 Å². The molecule has 0 aliphatic carbocycles. The molecule has 4 rings (SSSR count). The first-order valence-electron chi connectivity index (χ1n) is 11.5. The summed E-state index contributed by atoms with van der Waals surface area (Å²) >= 11 is 6.08. The van der Waals surface area contributed by atoms with Gasteiger partial charge in [0.25, 0.3) is 11.8 Å². The Bertz CT molecular complexity index is 1470. The lowest BCUT2D eigenvalue weighted by atomic mass is 10.1. The van der Waals surface area contributed by atoms with Crippen molar-refractivity contribution < 1.29 is 9.59 Å². The SMILES string of the molecule is CCc1cc(C(=O)Nc2ccc(C)c(Nc3cc(C(=O)NC)nn3-c3cc(NC)ncn3)c2)cc(Cl)n1. The van der Waals surface area contributed by atoms with E-state index >= 15 is 0 Å².